The van der Waals surface area contributed by atoms with Gasteiger partial charge < -0.3 is 50.4 Å². The van der Waals surface area contributed by atoms with Crippen molar-refractivity contribution >= 4 is 57.6 Å². The van der Waals surface area contributed by atoms with Crippen LogP contribution in [0.3, 0.4) is 0 Å². The number of allylic oxidation sites excluding steroid dienone is 2. The molecule has 0 radical (unpaired) electrons. The summed E-state index contributed by atoms with van der Waals surface area (Å²) in [6, 6.07) is 6.06. The van der Waals surface area contributed by atoms with E-state index in [1.54, 1.807) is 35.1 Å². The molecule has 2 aromatic carbocycles. The SMILES string of the molecule is CCc1nc(C)oc1C(=O)Nc1nc2cc(C(N)=O)cc(OCCCN)c2n1C/C=C/Cn1c(NC(=O)c2oc(C)nc2CC)nc2cc(C(N)=O)cc(OCCCN)c21. The minimum atomic E-state index is -0.695. The molecule has 20 heteroatoms. The van der Waals surface area contributed by atoms with Crippen LogP contribution in [0, 0.1) is 13.8 Å². The average Bonchev–Trinajstić information content (AvgIpc) is 3.98. The molecule has 0 aliphatic heterocycles. The van der Waals surface area contributed by atoms with E-state index in [1.165, 1.54) is 24.3 Å². The summed E-state index contributed by atoms with van der Waals surface area (Å²) >= 11 is 0. The second-order valence-corrected chi connectivity index (χ2v) is 13.6. The fourth-order valence-electron chi connectivity index (χ4n) is 6.49. The molecule has 0 saturated carbocycles. The number of carbonyl (C=O) groups is 4. The lowest BCUT2D eigenvalue weighted by atomic mass is 10.1. The maximum atomic E-state index is 13.6. The van der Waals surface area contributed by atoms with E-state index < -0.39 is 23.6 Å². The van der Waals surface area contributed by atoms with Gasteiger partial charge in [-0.05, 0) is 63.0 Å². The topological polar surface area (TPSA) is 303 Å². The number of benzene rings is 2. The van der Waals surface area contributed by atoms with Crippen LogP contribution in [0.1, 0.15) is 91.7 Å². The van der Waals surface area contributed by atoms with Crippen molar-refractivity contribution in [3.8, 4) is 11.5 Å². The van der Waals surface area contributed by atoms with Gasteiger partial charge in [-0.3, -0.25) is 29.8 Å². The normalized spacial score (nSPS) is 11.5. The van der Waals surface area contributed by atoms with Crippen LogP contribution < -0.4 is 43.0 Å². The molecule has 0 spiro atoms. The Morgan fingerprint density at radius 3 is 1.42 bits per heavy atom. The minimum Gasteiger partial charge on any atom is -0.491 e. The Hall–Kier alpha value is -7.06. The Bertz CT molecular complexity index is 2420. The zero-order chi connectivity index (χ0) is 43.1. The highest BCUT2D eigenvalue weighted by Crippen LogP contribution is 2.33. The standard InChI is InChI=1S/C40H48N12O8/c1-5-25-33(59-21(3)45-25)37(55)49-39-47-27-17-23(35(43)53)19-29(57-15-9-11-41)31(27)51(39)13-7-8-14-52-32-28(18-24(36(44)54)20-30(32)58-16-10-12-42)48-40(52)50-38(56)34-26(6-2)46-22(4)60-34/h7-8,17-20H,5-6,9-16,41-42H2,1-4H3,(H2,43,53)(H2,44,54)(H,47,49,55)(H,48,50,56)/b8-7+. The number of aromatic nitrogens is 6. The molecule has 4 heterocycles. The number of aryl methyl sites for hydroxylation is 4. The fourth-order valence-corrected chi connectivity index (χ4v) is 6.49. The summed E-state index contributed by atoms with van der Waals surface area (Å²) in [7, 11) is 0. The summed E-state index contributed by atoms with van der Waals surface area (Å²) in [6.07, 6.45) is 5.56. The number of rotatable bonds is 20. The van der Waals surface area contributed by atoms with Crippen LogP contribution in [-0.2, 0) is 25.9 Å². The molecule has 0 fully saturated rings. The van der Waals surface area contributed by atoms with Crippen molar-refractivity contribution in [1.29, 1.82) is 0 Å². The number of ether oxygens (including phenoxy) is 2. The number of fused-ring (bicyclic) bond motifs is 2. The van der Waals surface area contributed by atoms with Gasteiger partial charge in [0, 0.05) is 38.1 Å². The van der Waals surface area contributed by atoms with Crippen molar-refractivity contribution < 1.29 is 37.5 Å². The third-order valence-electron chi connectivity index (χ3n) is 9.28. The average molecular weight is 825 g/mol. The third-order valence-corrected chi connectivity index (χ3v) is 9.28. The Morgan fingerprint density at radius 1 is 0.667 bits per heavy atom. The number of hydrogen-bond donors (Lipinski definition) is 6. The third kappa shape index (κ3) is 9.13. The lowest BCUT2D eigenvalue weighted by molar-refractivity contribution is 0.0985. The van der Waals surface area contributed by atoms with Crippen molar-refractivity contribution in [3.63, 3.8) is 0 Å². The number of carbonyl (C=O) groups excluding carboxylic acids is 4. The van der Waals surface area contributed by atoms with Crippen LogP contribution in [0.4, 0.5) is 11.9 Å². The zero-order valence-electron chi connectivity index (χ0n) is 33.8. The van der Waals surface area contributed by atoms with E-state index in [9.17, 15) is 19.2 Å². The van der Waals surface area contributed by atoms with Crippen molar-refractivity contribution in [2.24, 2.45) is 22.9 Å². The number of amides is 4. The lowest BCUT2D eigenvalue weighted by Gasteiger charge is -2.13. The number of anilines is 2. The Labute approximate surface area is 343 Å². The van der Waals surface area contributed by atoms with E-state index in [1.807, 2.05) is 13.8 Å². The second kappa shape index (κ2) is 18.7. The molecule has 0 aliphatic rings. The summed E-state index contributed by atoms with van der Waals surface area (Å²) in [5.41, 5.74) is 25.7. The Kier molecular flexibility index (Phi) is 13.2. The highest BCUT2D eigenvalue weighted by molar-refractivity contribution is 6.05. The first-order valence-corrected chi connectivity index (χ1v) is 19.4. The molecule has 4 aromatic heterocycles. The van der Waals surface area contributed by atoms with E-state index in [0.29, 0.717) is 95.5 Å². The first-order valence-electron chi connectivity index (χ1n) is 19.4. The van der Waals surface area contributed by atoms with Gasteiger partial charge in [0.25, 0.3) is 11.8 Å². The van der Waals surface area contributed by atoms with Crippen LogP contribution >= 0.6 is 0 Å². The molecule has 20 nitrogen and oxygen atoms in total. The van der Waals surface area contributed by atoms with Crippen LogP contribution in [0.15, 0.2) is 45.3 Å². The number of nitrogens with two attached hydrogens (primary N) is 4. The van der Waals surface area contributed by atoms with Crippen molar-refractivity contribution in [3.05, 3.63) is 82.2 Å². The molecule has 316 valence electrons. The number of nitrogens with zero attached hydrogens (tertiary/aromatic N) is 6. The van der Waals surface area contributed by atoms with Crippen LogP contribution in [-0.4, -0.2) is 79.0 Å². The van der Waals surface area contributed by atoms with Crippen molar-refractivity contribution in [2.75, 3.05) is 36.9 Å². The van der Waals surface area contributed by atoms with E-state index >= 15 is 0 Å². The maximum absolute atomic E-state index is 13.6. The molecule has 6 aromatic rings. The van der Waals surface area contributed by atoms with E-state index in [-0.39, 0.29) is 60.8 Å². The summed E-state index contributed by atoms with van der Waals surface area (Å²) in [5, 5.41) is 5.69. The number of hydrogen-bond acceptors (Lipinski definition) is 14. The van der Waals surface area contributed by atoms with E-state index in [4.69, 9.17) is 41.2 Å². The predicted molar refractivity (Wildman–Crippen MR) is 221 cm³/mol. The first-order chi connectivity index (χ1) is 28.9. The van der Waals surface area contributed by atoms with Gasteiger partial charge in [0.1, 0.15) is 22.5 Å². The molecule has 0 aliphatic carbocycles. The molecule has 0 unspecified atom stereocenters. The largest absolute Gasteiger partial charge is 0.491 e. The quantitative estimate of drug-likeness (QED) is 0.0474. The highest BCUT2D eigenvalue weighted by Gasteiger charge is 2.25. The molecule has 0 saturated heterocycles. The lowest BCUT2D eigenvalue weighted by Crippen LogP contribution is -2.17. The fraction of sp³-hybridized carbons (Fsp3) is 0.350. The summed E-state index contributed by atoms with van der Waals surface area (Å²) in [5.74, 6) is -0.978. The zero-order valence-corrected chi connectivity index (χ0v) is 33.8. The molecule has 0 bridgehead atoms. The predicted octanol–water partition coefficient (Wildman–Crippen LogP) is 3.52. The minimum absolute atomic E-state index is 0.0403. The number of nitrogens with one attached hydrogen (secondary N) is 2. The van der Waals surface area contributed by atoms with Crippen molar-refractivity contribution in [2.45, 2.75) is 66.5 Å². The number of oxazole rings is 2. The maximum Gasteiger partial charge on any atom is 0.295 e. The van der Waals surface area contributed by atoms with Gasteiger partial charge in [0.2, 0.25) is 35.2 Å². The molecule has 60 heavy (non-hydrogen) atoms. The molecular weight excluding hydrogens is 777 g/mol. The van der Waals surface area contributed by atoms with Gasteiger partial charge in [0.15, 0.2) is 11.8 Å². The molecular formula is C40H48N12O8. The number of imidazole rings is 2. The Balaban J connectivity index is 1.43. The molecule has 10 N–H and O–H groups in total. The van der Waals surface area contributed by atoms with Gasteiger partial charge in [0.05, 0.1) is 35.6 Å². The smallest absolute Gasteiger partial charge is 0.295 e. The molecule has 6 rings (SSSR count). The molecule has 0 atom stereocenters. The van der Waals surface area contributed by atoms with Crippen LogP contribution in [0.5, 0.6) is 11.5 Å². The van der Waals surface area contributed by atoms with Gasteiger partial charge in [-0.2, -0.15) is 0 Å². The number of primary amides is 2. The highest BCUT2D eigenvalue weighted by atomic mass is 16.5. The second-order valence-electron chi connectivity index (χ2n) is 13.6. The van der Waals surface area contributed by atoms with Gasteiger partial charge in [-0.1, -0.05) is 26.0 Å². The summed E-state index contributed by atoms with van der Waals surface area (Å²) < 4.78 is 26.9. The van der Waals surface area contributed by atoms with Crippen LogP contribution in [0.25, 0.3) is 22.1 Å². The van der Waals surface area contributed by atoms with E-state index in [0.717, 1.165) is 0 Å². The first kappa shape index (κ1) is 42.5. The Morgan fingerprint density at radius 2 is 1.07 bits per heavy atom. The molecule has 4 amide bonds. The van der Waals surface area contributed by atoms with Gasteiger partial charge in [-0.25, -0.2) is 19.9 Å². The van der Waals surface area contributed by atoms with Crippen molar-refractivity contribution in [1.82, 2.24) is 29.1 Å². The van der Waals surface area contributed by atoms with Gasteiger partial charge in [-0.15, -0.1) is 0 Å². The van der Waals surface area contributed by atoms with Crippen LogP contribution in [0.2, 0.25) is 0 Å². The monoisotopic (exact) mass is 824 g/mol. The summed E-state index contributed by atoms with van der Waals surface area (Å²) in [4.78, 5) is 70.0. The van der Waals surface area contributed by atoms with E-state index in [2.05, 4.69) is 30.6 Å². The van der Waals surface area contributed by atoms with Gasteiger partial charge >= 0.3 is 0 Å². The summed E-state index contributed by atoms with van der Waals surface area (Å²) in [6.45, 7) is 8.43.